The molecule has 2 fully saturated rings. The lowest BCUT2D eigenvalue weighted by atomic mass is 10.2. The minimum atomic E-state index is 0.0866. The summed E-state index contributed by atoms with van der Waals surface area (Å²) in [7, 11) is 0. The fourth-order valence-electron chi connectivity index (χ4n) is 3.08. The van der Waals surface area contributed by atoms with Gasteiger partial charge >= 0.3 is 0 Å². The van der Waals surface area contributed by atoms with Crippen LogP contribution in [0.2, 0.25) is 0 Å². The van der Waals surface area contributed by atoms with Crippen molar-refractivity contribution in [2.24, 2.45) is 0 Å². The van der Waals surface area contributed by atoms with E-state index in [2.05, 4.69) is 26.5 Å². The third-order valence-electron chi connectivity index (χ3n) is 4.20. The lowest BCUT2D eigenvalue weighted by molar-refractivity contribution is -0.117. The number of nitrogens with zero attached hydrogens (tertiary/aromatic N) is 2. The van der Waals surface area contributed by atoms with Gasteiger partial charge in [-0.2, -0.15) is 0 Å². The van der Waals surface area contributed by atoms with Crippen molar-refractivity contribution in [3.8, 4) is 0 Å². The van der Waals surface area contributed by atoms with Crippen LogP contribution in [0.4, 0.5) is 11.4 Å². The molecule has 1 aromatic rings. The van der Waals surface area contributed by atoms with Crippen LogP contribution in [-0.2, 0) is 4.79 Å². The molecule has 0 aromatic heterocycles. The monoisotopic (exact) mass is 288 g/mol. The van der Waals surface area contributed by atoms with E-state index in [0.29, 0.717) is 6.54 Å². The van der Waals surface area contributed by atoms with Crippen molar-refractivity contribution < 1.29 is 4.79 Å². The van der Waals surface area contributed by atoms with Gasteiger partial charge in [0.1, 0.15) is 0 Å². The quantitative estimate of drug-likeness (QED) is 0.872. The average molecular weight is 288 g/mol. The minimum absolute atomic E-state index is 0.0866. The molecule has 21 heavy (non-hydrogen) atoms. The first-order valence-electron chi connectivity index (χ1n) is 7.90. The summed E-state index contributed by atoms with van der Waals surface area (Å²) < 4.78 is 0. The second kappa shape index (κ2) is 6.91. The molecule has 0 spiro atoms. The van der Waals surface area contributed by atoms with Crippen molar-refractivity contribution in [3.63, 3.8) is 0 Å². The Labute approximate surface area is 126 Å². The zero-order valence-electron chi connectivity index (χ0n) is 12.5. The topological polar surface area (TPSA) is 47.6 Å². The summed E-state index contributed by atoms with van der Waals surface area (Å²) >= 11 is 0. The summed E-state index contributed by atoms with van der Waals surface area (Å²) in [6.45, 7) is 6.49. The number of anilines is 2. The van der Waals surface area contributed by atoms with E-state index in [1.807, 2.05) is 18.2 Å². The summed E-state index contributed by atoms with van der Waals surface area (Å²) in [6, 6.07) is 8.13. The molecular formula is C16H24N4O. The molecule has 0 aliphatic carbocycles. The van der Waals surface area contributed by atoms with E-state index in [0.717, 1.165) is 50.6 Å². The van der Waals surface area contributed by atoms with E-state index in [-0.39, 0.29) is 5.91 Å². The molecule has 5 nitrogen and oxygen atoms in total. The van der Waals surface area contributed by atoms with Crippen LogP contribution in [0.5, 0.6) is 0 Å². The van der Waals surface area contributed by atoms with E-state index >= 15 is 0 Å². The van der Waals surface area contributed by atoms with Crippen LogP contribution in [0.3, 0.4) is 0 Å². The molecule has 2 aliphatic rings. The SMILES string of the molecule is O=C(CN1CCNCC1)Nc1ccccc1N1CCCC1. The predicted molar refractivity (Wildman–Crippen MR) is 85.8 cm³/mol. The number of benzene rings is 1. The molecule has 2 N–H and O–H groups in total. The number of hydrogen-bond acceptors (Lipinski definition) is 4. The number of nitrogens with one attached hydrogen (secondary N) is 2. The van der Waals surface area contributed by atoms with Crippen LogP contribution in [0, 0.1) is 0 Å². The maximum Gasteiger partial charge on any atom is 0.238 e. The molecule has 2 heterocycles. The van der Waals surface area contributed by atoms with Gasteiger partial charge < -0.3 is 15.5 Å². The van der Waals surface area contributed by atoms with Gasteiger partial charge in [0.15, 0.2) is 0 Å². The molecule has 114 valence electrons. The highest BCUT2D eigenvalue weighted by atomic mass is 16.2. The summed E-state index contributed by atoms with van der Waals surface area (Å²) in [4.78, 5) is 16.8. The fourth-order valence-corrected chi connectivity index (χ4v) is 3.08. The number of para-hydroxylation sites is 2. The van der Waals surface area contributed by atoms with Gasteiger partial charge in [0, 0.05) is 39.3 Å². The van der Waals surface area contributed by atoms with Crippen molar-refractivity contribution in [2.45, 2.75) is 12.8 Å². The first kappa shape index (κ1) is 14.4. The molecule has 0 unspecified atom stereocenters. The van der Waals surface area contributed by atoms with Crippen molar-refractivity contribution in [2.75, 3.05) is 56.0 Å². The van der Waals surface area contributed by atoms with Crippen molar-refractivity contribution >= 4 is 17.3 Å². The van der Waals surface area contributed by atoms with Gasteiger partial charge in [0.05, 0.1) is 17.9 Å². The highest BCUT2D eigenvalue weighted by molar-refractivity contribution is 5.95. The van der Waals surface area contributed by atoms with Crippen LogP contribution >= 0.6 is 0 Å². The molecule has 0 radical (unpaired) electrons. The standard InChI is InChI=1S/C16H24N4O/c21-16(13-19-11-7-17-8-12-19)18-14-5-1-2-6-15(14)20-9-3-4-10-20/h1-2,5-6,17H,3-4,7-13H2,(H,18,21). The maximum absolute atomic E-state index is 12.3. The molecule has 1 amide bonds. The number of carbonyl (C=O) groups is 1. The summed E-state index contributed by atoms with van der Waals surface area (Å²) in [5, 5.41) is 6.40. The first-order valence-corrected chi connectivity index (χ1v) is 7.90. The Morgan fingerprint density at radius 2 is 1.81 bits per heavy atom. The molecule has 0 saturated carbocycles. The largest absolute Gasteiger partial charge is 0.370 e. The van der Waals surface area contributed by atoms with Gasteiger partial charge in [-0.25, -0.2) is 0 Å². The Morgan fingerprint density at radius 3 is 2.57 bits per heavy atom. The van der Waals surface area contributed by atoms with E-state index in [4.69, 9.17) is 0 Å². The molecule has 3 rings (SSSR count). The minimum Gasteiger partial charge on any atom is -0.370 e. The third-order valence-corrected chi connectivity index (χ3v) is 4.20. The second-order valence-electron chi connectivity index (χ2n) is 5.79. The van der Waals surface area contributed by atoms with E-state index < -0.39 is 0 Å². The molecule has 2 saturated heterocycles. The lowest BCUT2D eigenvalue weighted by Crippen LogP contribution is -2.46. The molecule has 5 heteroatoms. The van der Waals surface area contributed by atoms with Crippen LogP contribution in [0.15, 0.2) is 24.3 Å². The third kappa shape index (κ3) is 3.74. The Morgan fingerprint density at radius 1 is 1.10 bits per heavy atom. The number of rotatable bonds is 4. The maximum atomic E-state index is 12.3. The van der Waals surface area contributed by atoms with Crippen molar-refractivity contribution in [1.29, 1.82) is 0 Å². The molecule has 0 atom stereocenters. The number of carbonyl (C=O) groups excluding carboxylic acids is 1. The number of piperazine rings is 1. The Kier molecular flexibility index (Phi) is 4.72. The smallest absolute Gasteiger partial charge is 0.238 e. The Bertz CT molecular complexity index is 479. The summed E-state index contributed by atoms with van der Waals surface area (Å²) in [6.07, 6.45) is 2.48. The molecule has 0 bridgehead atoms. The van der Waals surface area contributed by atoms with Crippen LogP contribution in [0.1, 0.15) is 12.8 Å². The fraction of sp³-hybridized carbons (Fsp3) is 0.562. The Hall–Kier alpha value is -1.59. The van der Waals surface area contributed by atoms with Gasteiger partial charge in [0.2, 0.25) is 5.91 Å². The normalized spacial score (nSPS) is 19.7. The van der Waals surface area contributed by atoms with Crippen molar-refractivity contribution in [1.82, 2.24) is 10.2 Å². The summed E-state index contributed by atoms with van der Waals surface area (Å²) in [5.74, 6) is 0.0866. The van der Waals surface area contributed by atoms with Gasteiger partial charge in [0.25, 0.3) is 0 Å². The van der Waals surface area contributed by atoms with E-state index in [1.165, 1.54) is 12.8 Å². The van der Waals surface area contributed by atoms with Gasteiger partial charge in [-0.3, -0.25) is 9.69 Å². The van der Waals surface area contributed by atoms with E-state index in [1.54, 1.807) is 0 Å². The van der Waals surface area contributed by atoms with Gasteiger partial charge in [-0.15, -0.1) is 0 Å². The van der Waals surface area contributed by atoms with Gasteiger partial charge in [-0.05, 0) is 25.0 Å². The average Bonchev–Trinajstić information content (AvgIpc) is 3.03. The van der Waals surface area contributed by atoms with Gasteiger partial charge in [-0.1, -0.05) is 12.1 Å². The molecular weight excluding hydrogens is 264 g/mol. The highest BCUT2D eigenvalue weighted by Gasteiger charge is 2.18. The second-order valence-corrected chi connectivity index (χ2v) is 5.79. The van der Waals surface area contributed by atoms with Crippen LogP contribution in [0.25, 0.3) is 0 Å². The van der Waals surface area contributed by atoms with Crippen LogP contribution in [-0.4, -0.2) is 56.6 Å². The predicted octanol–water partition coefficient (Wildman–Crippen LogP) is 1.13. The molecule has 2 aliphatic heterocycles. The van der Waals surface area contributed by atoms with Crippen LogP contribution < -0.4 is 15.5 Å². The van der Waals surface area contributed by atoms with E-state index in [9.17, 15) is 4.79 Å². The zero-order chi connectivity index (χ0) is 14.5. The number of hydrogen-bond donors (Lipinski definition) is 2. The molecule has 1 aromatic carbocycles. The lowest BCUT2D eigenvalue weighted by Gasteiger charge is -2.27. The van der Waals surface area contributed by atoms with Crippen molar-refractivity contribution in [3.05, 3.63) is 24.3 Å². The number of amides is 1. The Balaban J connectivity index is 1.62. The first-order chi connectivity index (χ1) is 10.3. The highest BCUT2D eigenvalue weighted by Crippen LogP contribution is 2.28. The summed E-state index contributed by atoms with van der Waals surface area (Å²) in [5.41, 5.74) is 2.10. The zero-order valence-corrected chi connectivity index (χ0v) is 12.5.